The summed E-state index contributed by atoms with van der Waals surface area (Å²) in [6, 6.07) is 0. The summed E-state index contributed by atoms with van der Waals surface area (Å²) in [5.41, 5.74) is 5.54. The minimum absolute atomic E-state index is 0.151. The van der Waals surface area contributed by atoms with Crippen LogP contribution in [-0.2, 0) is 4.79 Å². The molecule has 0 aliphatic carbocycles. The molecule has 0 radical (unpaired) electrons. The third-order valence-corrected chi connectivity index (χ3v) is 3.51. The van der Waals surface area contributed by atoms with Crippen molar-refractivity contribution in [1.29, 1.82) is 0 Å². The molecule has 0 saturated carbocycles. The Morgan fingerprint density at radius 1 is 1.06 bits per heavy atom. The third-order valence-electron chi connectivity index (χ3n) is 3.51. The molecule has 2 N–H and O–H groups in total. The van der Waals surface area contributed by atoms with E-state index in [9.17, 15) is 4.79 Å². The Labute approximate surface area is 113 Å². The molecule has 0 aromatic heterocycles. The highest BCUT2D eigenvalue weighted by atomic mass is 16.2. The second-order valence-electron chi connectivity index (χ2n) is 5.19. The first kappa shape index (κ1) is 17.4. The molecular formula is C15H32N2O. The summed E-state index contributed by atoms with van der Waals surface area (Å²) in [5.74, 6) is 0.458. The SMILES string of the molecule is CCCCCCCN(CCCN)C(=O)C(C)CC. The summed E-state index contributed by atoms with van der Waals surface area (Å²) in [7, 11) is 0. The van der Waals surface area contributed by atoms with Gasteiger partial charge in [0.2, 0.25) is 5.91 Å². The molecule has 108 valence electrons. The highest BCUT2D eigenvalue weighted by Gasteiger charge is 2.17. The number of amides is 1. The van der Waals surface area contributed by atoms with Gasteiger partial charge in [-0.1, -0.05) is 46.5 Å². The zero-order valence-electron chi connectivity index (χ0n) is 12.6. The summed E-state index contributed by atoms with van der Waals surface area (Å²) >= 11 is 0. The molecule has 0 aromatic rings. The van der Waals surface area contributed by atoms with Crippen LogP contribution in [0.1, 0.15) is 65.7 Å². The zero-order valence-corrected chi connectivity index (χ0v) is 12.6. The first-order chi connectivity index (χ1) is 8.67. The lowest BCUT2D eigenvalue weighted by atomic mass is 10.1. The molecule has 0 bridgehead atoms. The fraction of sp³-hybridized carbons (Fsp3) is 0.933. The quantitative estimate of drug-likeness (QED) is 0.577. The normalized spacial score (nSPS) is 12.4. The number of nitrogens with zero attached hydrogens (tertiary/aromatic N) is 1. The summed E-state index contributed by atoms with van der Waals surface area (Å²) < 4.78 is 0. The van der Waals surface area contributed by atoms with Gasteiger partial charge in [-0.15, -0.1) is 0 Å². The molecule has 0 fully saturated rings. The predicted octanol–water partition coefficient (Wildman–Crippen LogP) is 3.18. The molecule has 0 spiro atoms. The van der Waals surface area contributed by atoms with E-state index in [4.69, 9.17) is 5.73 Å². The number of carbonyl (C=O) groups excluding carboxylic acids is 1. The Kier molecular flexibility index (Phi) is 11.2. The molecule has 0 aromatic carbocycles. The van der Waals surface area contributed by atoms with Crippen LogP contribution < -0.4 is 5.73 Å². The lowest BCUT2D eigenvalue weighted by Crippen LogP contribution is -2.37. The van der Waals surface area contributed by atoms with Crippen LogP contribution in [0, 0.1) is 5.92 Å². The lowest BCUT2D eigenvalue weighted by Gasteiger charge is -2.25. The van der Waals surface area contributed by atoms with Crippen LogP contribution in [0.4, 0.5) is 0 Å². The van der Waals surface area contributed by atoms with Crippen molar-refractivity contribution in [3.63, 3.8) is 0 Å². The fourth-order valence-corrected chi connectivity index (χ4v) is 2.01. The summed E-state index contributed by atoms with van der Waals surface area (Å²) in [6.45, 7) is 8.72. The van der Waals surface area contributed by atoms with Gasteiger partial charge in [0.05, 0.1) is 0 Å². The van der Waals surface area contributed by atoms with Crippen LogP contribution >= 0.6 is 0 Å². The van der Waals surface area contributed by atoms with Crippen molar-refractivity contribution in [3.05, 3.63) is 0 Å². The smallest absolute Gasteiger partial charge is 0.225 e. The number of nitrogens with two attached hydrogens (primary N) is 1. The minimum atomic E-state index is 0.151. The molecular weight excluding hydrogens is 224 g/mol. The van der Waals surface area contributed by atoms with Crippen molar-refractivity contribution in [2.45, 2.75) is 65.7 Å². The monoisotopic (exact) mass is 256 g/mol. The number of hydrogen-bond acceptors (Lipinski definition) is 2. The maximum absolute atomic E-state index is 12.2. The average molecular weight is 256 g/mol. The number of hydrogen-bond donors (Lipinski definition) is 1. The predicted molar refractivity (Wildman–Crippen MR) is 78.5 cm³/mol. The molecule has 1 atom stereocenters. The van der Waals surface area contributed by atoms with Crippen molar-refractivity contribution in [2.75, 3.05) is 19.6 Å². The largest absolute Gasteiger partial charge is 0.342 e. The average Bonchev–Trinajstić information content (AvgIpc) is 2.40. The second kappa shape index (κ2) is 11.5. The molecule has 1 unspecified atom stereocenters. The summed E-state index contributed by atoms with van der Waals surface area (Å²) in [5, 5.41) is 0. The van der Waals surface area contributed by atoms with E-state index < -0.39 is 0 Å². The van der Waals surface area contributed by atoms with Crippen molar-refractivity contribution in [3.8, 4) is 0 Å². The first-order valence-corrected chi connectivity index (χ1v) is 7.66. The van der Waals surface area contributed by atoms with Crippen LogP contribution in [0.5, 0.6) is 0 Å². The third kappa shape index (κ3) is 7.70. The molecule has 3 heteroatoms. The van der Waals surface area contributed by atoms with Gasteiger partial charge in [0.15, 0.2) is 0 Å². The topological polar surface area (TPSA) is 46.3 Å². The van der Waals surface area contributed by atoms with Gasteiger partial charge >= 0.3 is 0 Å². The minimum Gasteiger partial charge on any atom is -0.342 e. The Morgan fingerprint density at radius 3 is 2.22 bits per heavy atom. The van der Waals surface area contributed by atoms with Crippen LogP contribution in [0.2, 0.25) is 0 Å². The Bertz CT molecular complexity index is 207. The maximum atomic E-state index is 12.2. The van der Waals surface area contributed by atoms with Gasteiger partial charge in [-0.2, -0.15) is 0 Å². The standard InChI is InChI=1S/C15H32N2O/c1-4-6-7-8-9-12-17(13-10-11-16)15(18)14(3)5-2/h14H,4-13,16H2,1-3H3. The molecule has 0 aliphatic heterocycles. The highest BCUT2D eigenvalue weighted by Crippen LogP contribution is 2.10. The van der Waals surface area contributed by atoms with E-state index in [1.807, 2.05) is 11.8 Å². The maximum Gasteiger partial charge on any atom is 0.225 e. The molecule has 3 nitrogen and oxygen atoms in total. The molecule has 0 rings (SSSR count). The summed E-state index contributed by atoms with van der Waals surface area (Å²) in [4.78, 5) is 14.2. The van der Waals surface area contributed by atoms with Gasteiger partial charge in [-0.25, -0.2) is 0 Å². The van der Waals surface area contributed by atoms with Crippen LogP contribution in [-0.4, -0.2) is 30.4 Å². The molecule has 0 saturated heterocycles. The first-order valence-electron chi connectivity index (χ1n) is 7.66. The molecule has 18 heavy (non-hydrogen) atoms. The van der Waals surface area contributed by atoms with Crippen LogP contribution in [0.25, 0.3) is 0 Å². The van der Waals surface area contributed by atoms with E-state index in [2.05, 4.69) is 13.8 Å². The Morgan fingerprint density at radius 2 is 1.67 bits per heavy atom. The lowest BCUT2D eigenvalue weighted by molar-refractivity contribution is -0.135. The second-order valence-corrected chi connectivity index (χ2v) is 5.19. The summed E-state index contributed by atoms with van der Waals surface area (Å²) in [6.07, 6.45) is 8.07. The Hall–Kier alpha value is -0.570. The van der Waals surface area contributed by atoms with Crippen molar-refractivity contribution < 1.29 is 4.79 Å². The van der Waals surface area contributed by atoms with E-state index in [1.54, 1.807) is 0 Å². The Balaban J connectivity index is 4.02. The van der Waals surface area contributed by atoms with Gasteiger partial charge in [-0.05, 0) is 25.8 Å². The number of carbonyl (C=O) groups is 1. The van der Waals surface area contributed by atoms with Crippen molar-refractivity contribution in [2.24, 2.45) is 11.7 Å². The van der Waals surface area contributed by atoms with E-state index in [0.717, 1.165) is 32.4 Å². The van der Waals surface area contributed by atoms with Gasteiger partial charge in [0.25, 0.3) is 0 Å². The van der Waals surface area contributed by atoms with Gasteiger partial charge in [-0.3, -0.25) is 4.79 Å². The van der Waals surface area contributed by atoms with Gasteiger partial charge in [0, 0.05) is 19.0 Å². The van der Waals surface area contributed by atoms with Gasteiger partial charge < -0.3 is 10.6 Å². The zero-order chi connectivity index (χ0) is 13.8. The van der Waals surface area contributed by atoms with Gasteiger partial charge in [0.1, 0.15) is 0 Å². The van der Waals surface area contributed by atoms with Crippen molar-refractivity contribution in [1.82, 2.24) is 4.90 Å². The van der Waals surface area contributed by atoms with Crippen molar-refractivity contribution >= 4 is 5.91 Å². The molecule has 0 aliphatic rings. The van der Waals surface area contributed by atoms with E-state index in [0.29, 0.717) is 12.5 Å². The fourth-order valence-electron chi connectivity index (χ4n) is 2.01. The van der Waals surface area contributed by atoms with Crippen LogP contribution in [0.3, 0.4) is 0 Å². The number of unbranched alkanes of at least 4 members (excludes halogenated alkanes) is 4. The molecule has 1 amide bonds. The van der Waals surface area contributed by atoms with E-state index >= 15 is 0 Å². The van der Waals surface area contributed by atoms with E-state index in [1.165, 1.54) is 25.7 Å². The molecule has 0 heterocycles. The van der Waals surface area contributed by atoms with E-state index in [-0.39, 0.29) is 5.92 Å². The highest BCUT2D eigenvalue weighted by molar-refractivity contribution is 5.78. The van der Waals surface area contributed by atoms with Crippen LogP contribution in [0.15, 0.2) is 0 Å². The number of rotatable bonds is 11.